The van der Waals surface area contributed by atoms with Crippen LogP contribution >= 0.6 is 0 Å². The third-order valence-corrected chi connectivity index (χ3v) is 4.31. The maximum absolute atomic E-state index is 5.47. The van der Waals surface area contributed by atoms with Crippen LogP contribution in [-0.4, -0.2) is 25.9 Å². The Morgan fingerprint density at radius 1 is 1.35 bits per heavy atom. The Bertz CT molecular complexity index is 439. The number of ether oxygens (including phenoxy) is 2. The molecule has 3 heteroatoms. The van der Waals surface area contributed by atoms with Crippen LogP contribution in [0.25, 0.3) is 0 Å². The molecule has 1 aliphatic carbocycles. The van der Waals surface area contributed by atoms with Crippen molar-refractivity contribution in [3.8, 4) is 5.75 Å². The minimum atomic E-state index is 0.210. The van der Waals surface area contributed by atoms with Crippen LogP contribution in [-0.2, 0) is 11.3 Å². The van der Waals surface area contributed by atoms with Gasteiger partial charge in [-0.05, 0) is 24.1 Å². The monoisotopic (exact) mass is 275 g/mol. The molecule has 3 nitrogen and oxygen atoms in total. The van der Waals surface area contributed by atoms with Crippen molar-refractivity contribution in [3.63, 3.8) is 0 Å². The van der Waals surface area contributed by atoms with E-state index in [-0.39, 0.29) is 5.41 Å². The summed E-state index contributed by atoms with van der Waals surface area (Å²) in [7, 11) is 1.80. The molecule has 2 rings (SSSR count). The first-order chi connectivity index (χ1) is 9.57. The summed E-state index contributed by atoms with van der Waals surface area (Å²) in [5, 5.41) is 3.62. The van der Waals surface area contributed by atoms with Gasteiger partial charge in [-0.25, -0.2) is 0 Å². The fourth-order valence-electron chi connectivity index (χ4n) is 2.73. The molecule has 20 heavy (non-hydrogen) atoms. The van der Waals surface area contributed by atoms with Crippen LogP contribution in [0.3, 0.4) is 0 Å². The van der Waals surface area contributed by atoms with Gasteiger partial charge in [0.25, 0.3) is 0 Å². The van der Waals surface area contributed by atoms with Gasteiger partial charge in [0.1, 0.15) is 12.4 Å². The summed E-state index contributed by atoms with van der Waals surface area (Å²) >= 11 is 0. The molecule has 0 aromatic heterocycles. The van der Waals surface area contributed by atoms with Crippen molar-refractivity contribution in [1.29, 1.82) is 0 Å². The van der Waals surface area contributed by atoms with Crippen LogP contribution < -0.4 is 10.1 Å². The first-order valence-electron chi connectivity index (χ1n) is 7.16. The summed E-state index contributed by atoms with van der Waals surface area (Å²) in [5.41, 5.74) is 1.48. The number of methoxy groups -OCH3 is 1. The zero-order chi connectivity index (χ0) is 14.6. The topological polar surface area (TPSA) is 30.5 Å². The van der Waals surface area contributed by atoms with Crippen molar-refractivity contribution in [3.05, 3.63) is 42.5 Å². The summed E-state index contributed by atoms with van der Waals surface area (Å²) in [6, 6.07) is 8.73. The molecule has 0 bridgehead atoms. The lowest BCUT2D eigenvalue weighted by atomic mass is 9.64. The average Bonchev–Trinajstić information content (AvgIpc) is 2.45. The largest absolute Gasteiger partial charge is 0.490 e. The van der Waals surface area contributed by atoms with Crippen LogP contribution in [0.5, 0.6) is 5.75 Å². The lowest BCUT2D eigenvalue weighted by molar-refractivity contribution is -0.0979. The Morgan fingerprint density at radius 2 is 2.05 bits per heavy atom. The lowest BCUT2D eigenvalue weighted by Gasteiger charge is -2.51. The number of hydrogen-bond donors (Lipinski definition) is 1. The van der Waals surface area contributed by atoms with E-state index >= 15 is 0 Å². The molecule has 1 fully saturated rings. The Balaban J connectivity index is 1.81. The predicted molar refractivity (Wildman–Crippen MR) is 82.0 cm³/mol. The highest BCUT2D eigenvalue weighted by Crippen LogP contribution is 2.42. The van der Waals surface area contributed by atoms with E-state index in [0.717, 1.165) is 18.7 Å². The molecular weight excluding hydrogens is 250 g/mol. The molecule has 0 heterocycles. The van der Waals surface area contributed by atoms with Gasteiger partial charge in [0.15, 0.2) is 0 Å². The summed E-state index contributed by atoms with van der Waals surface area (Å²) < 4.78 is 10.9. The van der Waals surface area contributed by atoms with Crippen molar-refractivity contribution >= 4 is 0 Å². The van der Waals surface area contributed by atoms with E-state index in [9.17, 15) is 0 Å². The van der Waals surface area contributed by atoms with E-state index in [1.54, 1.807) is 13.2 Å². The van der Waals surface area contributed by atoms with Crippen molar-refractivity contribution in [1.82, 2.24) is 5.32 Å². The second-order valence-corrected chi connectivity index (χ2v) is 5.96. The fraction of sp³-hybridized carbons (Fsp3) is 0.529. The molecule has 2 atom stereocenters. The highest BCUT2D eigenvalue weighted by atomic mass is 16.5. The third kappa shape index (κ3) is 3.22. The molecule has 0 radical (unpaired) electrons. The van der Waals surface area contributed by atoms with Crippen molar-refractivity contribution in [2.75, 3.05) is 13.7 Å². The highest BCUT2D eigenvalue weighted by molar-refractivity contribution is 5.27. The molecule has 2 unspecified atom stereocenters. The van der Waals surface area contributed by atoms with Gasteiger partial charge < -0.3 is 14.8 Å². The van der Waals surface area contributed by atoms with Crippen LogP contribution in [0.4, 0.5) is 0 Å². The molecule has 0 amide bonds. The minimum absolute atomic E-state index is 0.210. The molecule has 1 aliphatic rings. The second-order valence-electron chi connectivity index (χ2n) is 5.96. The summed E-state index contributed by atoms with van der Waals surface area (Å²) in [5.74, 6) is 0.886. The zero-order valence-corrected chi connectivity index (χ0v) is 12.7. The maximum Gasteiger partial charge on any atom is 0.119 e. The molecule has 1 aromatic rings. The Labute approximate surface area is 122 Å². The molecule has 0 aliphatic heterocycles. The molecule has 110 valence electrons. The van der Waals surface area contributed by atoms with Gasteiger partial charge in [0.2, 0.25) is 0 Å². The van der Waals surface area contributed by atoms with Crippen molar-refractivity contribution in [2.24, 2.45) is 5.41 Å². The highest BCUT2D eigenvalue weighted by Gasteiger charge is 2.48. The van der Waals surface area contributed by atoms with Gasteiger partial charge in [0, 0.05) is 25.1 Å². The first-order valence-corrected chi connectivity index (χ1v) is 7.16. The average molecular weight is 275 g/mol. The molecule has 1 N–H and O–H groups in total. The van der Waals surface area contributed by atoms with E-state index in [2.05, 4.69) is 37.9 Å². The van der Waals surface area contributed by atoms with E-state index < -0.39 is 0 Å². The van der Waals surface area contributed by atoms with Gasteiger partial charge in [-0.15, -0.1) is 0 Å². The second kappa shape index (κ2) is 6.42. The lowest BCUT2D eigenvalue weighted by Crippen LogP contribution is -2.60. The van der Waals surface area contributed by atoms with E-state index in [0.29, 0.717) is 18.8 Å². The van der Waals surface area contributed by atoms with Crippen LogP contribution in [0, 0.1) is 5.41 Å². The summed E-state index contributed by atoms with van der Waals surface area (Å²) in [6.45, 7) is 9.59. The van der Waals surface area contributed by atoms with Gasteiger partial charge in [-0.2, -0.15) is 0 Å². The van der Waals surface area contributed by atoms with Gasteiger partial charge >= 0.3 is 0 Å². The summed E-state index contributed by atoms with van der Waals surface area (Å²) in [4.78, 5) is 0. The van der Waals surface area contributed by atoms with Gasteiger partial charge in [-0.1, -0.05) is 38.6 Å². The number of benzene rings is 1. The molecule has 1 saturated carbocycles. The predicted octanol–water partition coefficient (Wildman–Crippen LogP) is 3.15. The summed E-state index contributed by atoms with van der Waals surface area (Å²) in [6.07, 6.45) is 3.21. The van der Waals surface area contributed by atoms with Crippen LogP contribution in [0.2, 0.25) is 0 Å². The van der Waals surface area contributed by atoms with Crippen molar-refractivity contribution in [2.45, 2.75) is 39.0 Å². The van der Waals surface area contributed by atoms with Gasteiger partial charge in [0.05, 0.1) is 6.10 Å². The van der Waals surface area contributed by atoms with E-state index in [1.165, 1.54) is 5.56 Å². The molecule has 1 aromatic carbocycles. The first kappa shape index (κ1) is 15.1. The number of rotatable bonds is 7. The molecule has 0 spiro atoms. The Hall–Kier alpha value is -1.32. The normalized spacial score (nSPS) is 23.9. The van der Waals surface area contributed by atoms with Crippen molar-refractivity contribution < 1.29 is 9.47 Å². The smallest absolute Gasteiger partial charge is 0.119 e. The minimum Gasteiger partial charge on any atom is -0.490 e. The zero-order valence-electron chi connectivity index (χ0n) is 12.7. The number of hydrogen-bond acceptors (Lipinski definition) is 3. The van der Waals surface area contributed by atoms with Crippen LogP contribution in [0.1, 0.15) is 25.8 Å². The van der Waals surface area contributed by atoms with E-state index in [1.807, 2.05) is 12.1 Å². The Morgan fingerprint density at radius 3 is 2.60 bits per heavy atom. The SMILES string of the molecule is C=CCOc1ccc(CNC2CC(OC)C2(C)C)cc1. The van der Waals surface area contributed by atoms with Gasteiger partial charge in [-0.3, -0.25) is 0 Å². The van der Waals surface area contributed by atoms with E-state index in [4.69, 9.17) is 9.47 Å². The maximum atomic E-state index is 5.47. The van der Waals surface area contributed by atoms with Crippen LogP contribution in [0.15, 0.2) is 36.9 Å². The fourth-order valence-corrected chi connectivity index (χ4v) is 2.73. The standard InChI is InChI=1S/C17H25NO2/c1-5-10-20-14-8-6-13(7-9-14)12-18-15-11-16(19-4)17(15,2)3/h5-9,15-16,18H,1,10-12H2,2-4H3. The third-order valence-electron chi connectivity index (χ3n) is 4.31. The quantitative estimate of drug-likeness (QED) is 0.775. The molecular formula is C17H25NO2. The number of nitrogens with one attached hydrogen (secondary N) is 1. The molecule has 0 saturated heterocycles. The Kier molecular flexibility index (Phi) is 4.84.